The van der Waals surface area contributed by atoms with E-state index in [1.54, 1.807) is 36.4 Å². The molecule has 0 spiro atoms. The Bertz CT molecular complexity index is 1460. The number of fused-ring (bicyclic) bond motifs is 1. The van der Waals surface area contributed by atoms with Crippen molar-refractivity contribution in [1.29, 1.82) is 0 Å². The number of furan rings is 1. The number of hydrogen-bond donors (Lipinski definition) is 1. The predicted molar refractivity (Wildman–Crippen MR) is 116 cm³/mol. The van der Waals surface area contributed by atoms with Crippen molar-refractivity contribution >= 4 is 34.2 Å². The summed E-state index contributed by atoms with van der Waals surface area (Å²) in [6, 6.07) is 18.2. The van der Waals surface area contributed by atoms with Gasteiger partial charge in [-0.2, -0.15) is 4.80 Å². The molecule has 0 aliphatic carbocycles. The summed E-state index contributed by atoms with van der Waals surface area (Å²) >= 11 is 5.81. The van der Waals surface area contributed by atoms with Gasteiger partial charge in [0.15, 0.2) is 5.76 Å². The van der Waals surface area contributed by atoms with E-state index in [1.165, 1.54) is 41.2 Å². The standard InChI is InChI=1S/C23H13ClF2N4O2/c24-17-11-13(1-7-18(17)26)21-9-10-22(32-21)23(31)27-15-4-8-19-20(12-15)29-30(28-19)16-5-2-14(25)3-6-16/h1-12H,(H,27,31). The van der Waals surface area contributed by atoms with Gasteiger partial charge in [-0.25, -0.2) is 8.78 Å². The van der Waals surface area contributed by atoms with Gasteiger partial charge in [0, 0.05) is 11.3 Å². The molecule has 2 heterocycles. The molecule has 0 radical (unpaired) electrons. The van der Waals surface area contributed by atoms with Crippen LogP contribution in [0.5, 0.6) is 0 Å². The summed E-state index contributed by atoms with van der Waals surface area (Å²) in [6.45, 7) is 0. The predicted octanol–water partition coefficient (Wildman–Crippen LogP) is 5.86. The van der Waals surface area contributed by atoms with Gasteiger partial charge in [-0.15, -0.1) is 10.2 Å². The van der Waals surface area contributed by atoms with Crippen molar-refractivity contribution in [2.24, 2.45) is 0 Å². The first-order valence-corrected chi connectivity index (χ1v) is 9.84. The van der Waals surface area contributed by atoms with Crippen LogP contribution in [-0.4, -0.2) is 20.9 Å². The first kappa shape index (κ1) is 19.9. The van der Waals surface area contributed by atoms with Gasteiger partial charge in [-0.05, 0) is 72.8 Å². The number of amides is 1. The molecule has 6 nitrogen and oxygen atoms in total. The number of hydrogen-bond acceptors (Lipinski definition) is 4. The maximum Gasteiger partial charge on any atom is 0.291 e. The van der Waals surface area contributed by atoms with Gasteiger partial charge in [0.1, 0.15) is 28.4 Å². The Morgan fingerprint density at radius 1 is 0.906 bits per heavy atom. The van der Waals surface area contributed by atoms with Crippen molar-refractivity contribution in [1.82, 2.24) is 15.0 Å². The average molecular weight is 451 g/mol. The molecule has 0 aliphatic heterocycles. The van der Waals surface area contributed by atoms with E-state index >= 15 is 0 Å². The summed E-state index contributed by atoms with van der Waals surface area (Å²) in [7, 11) is 0. The molecule has 0 bridgehead atoms. The van der Waals surface area contributed by atoms with Crippen molar-refractivity contribution in [3.05, 3.63) is 95.2 Å². The SMILES string of the molecule is O=C(Nc1ccc2nn(-c3ccc(F)cc3)nc2c1)c1ccc(-c2ccc(F)c(Cl)c2)o1. The summed E-state index contributed by atoms with van der Waals surface area (Å²) in [5.74, 6) is -0.884. The van der Waals surface area contributed by atoms with Crippen LogP contribution in [0, 0.1) is 11.6 Å². The first-order valence-electron chi connectivity index (χ1n) is 9.46. The number of carbonyl (C=O) groups excluding carboxylic acids is 1. The quantitative estimate of drug-likeness (QED) is 0.372. The smallest absolute Gasteiger partial charge is 0.291 e. The summed E-state index contributed by atoms with van der Waals surface area (Å²) in [5.41, 5.74) is 2.82. The highest BCUT2D eigenvalue weighted by molar-refractivity contribution is 6.31. The molecule has 1 N–H and O–H groups in total. The largest absolute Gasteiger partial charge is 0.451 e. The number of nitrogens with zero attached hydrogens (tertiary/aromatic N) is 3. The second-order valence-electron chi connectivity index (χ2n) is 6.92. The summed E-state index contributed by atoms with van der Waals surface area (Å²) in [4.78, 5) is 14.0. The van der Waals surface area contributed by atoms with Crippen LogP contribution in [0.4, 0.5) is 14.5 Å². The summed E-state index contributed by atoms with van der Waals surface area (Å²) in [5, 5.41) is 11.4. The molecule has 9 heteroatoms. The van der Waals surface area contributed by atoms with E-state index in [-0.39, 0.29) is 16.6 Å². The fraction of sp³-hybridized carbons (Fsp3) is 0. The number of benzene rings is 3. The zero-order chi connectivity index (χ0) is 22.2. The lowest BCUT2D eigenvalue weighted by molar-refractivity contribution is 0.0997. The van der Waals surface area contributed by atoms with Crippen LogP contribution in [0.25, 0.3) is 28.0 Å². The lowest BCUT2D eigenvalue weighted by Crippen LogP contribution is -2.10. The van der Waals surface area contributed by atoms with Crippen molar-refractivity contribution < 1.29 is 18.0 Å². The van der Waals surface area contributed by atoms with Crippen LogP contribution in [0.1, 0.15) is 10.6 Å². The Kier molecular flexibility index (Phi) is 4.91. The van der Waals surface area contributed by atoms with E-state index in [9.17, 15) is 13.6 Å². The molecule has 0 aliphatic rings. The highest BCUT2D eigenvalue weighted by atomic mass is 35.5. The second-order valence-corrected chi connectivity index (χ2v) is 7.32. The maximum atomic E-state index is 13.4. The van der Waals surface area contributed by atoms with Crippen LogP contribution < -0.4 is 5.32 Å². The van der Waals surface area contributed by atoms with Crippen molar-refractivity contribution in [3.8, 4) is 17.0 Å². The third-order valence-corrected chi connectivity index (χ3v) is 5.02. The molecule has 32 heavy (non-hydrogen) atoms. The van der Waals surface area contributed by atoms with Crippen LogP contribution in [0.15, 0.2) is 77.2 Å². The minimum absolute atomic E-state index is 0.0353. The molecule has 158 valence electrons. The Morgan fingerprint density at radius 2 is 1.69 bits per heavy atom. The number of carbonyl (C=O) groups is 1. The van der Waals surface area contributed by atoms with Crippen LogP contribution in [-0.2, 0) is 0 Å². The van der Waals surface area contributed by atoms with Gasteiger partial charge in [0.25, 0.3) is 5.91 Å². The highest BCUT2D eigenvalue weighted by Crippen LogP contribution is 2.27. The zero-order valence-electron chi connectivity index (χ0n) is 16.2. The van der Waals surface area contributed by atoms with Gasteiger partial charge >= 0.3 is 0 Å². The average Bonchev–Trinajstić information content (AvgIpc) is 3.43. The Hall–Kier alpha value is -4.04. The molecular weight excluding hydrogens is 438 g/mol. The summed E-state index contributed by atoms with van der Waals surface area (Å²) in [6.07, 6.45) is 0. The molecule has 0 saturated carbocycles. The topological polar surface area (TPSA) is 73.0 Å². The van der Waals surface area contributed by atoms with E-state index in [4.69, 9.17) is 16.0 Å². The van der Waals surface area contributed by atoms with Crippen LogP contribution in [0.2, 0.25) is 5.02 Å². The first-order chi connectivity index (χ1) is 15.5. The van der Waals surface area contributed by atoms with Crippen molar-refractivity contribution in [3.63, 3.8) is 0 Å². The second kappa shape index (κ2) is 7.90. The fourth-order valence-corrected chi connectivity index (χ4v) is 3.32. The van der Waals surface area contributed by atoms with Crippen LogP contribution >= 0.6 is 11.6 Å². The van der Waals surface area contributed by atoms with Crippen LogP contribution in [0.3, 0.4) is 0 Å². The minimum Gasteiger partial charge on any atom is -0.451 e. The van der Waals surface area contributed by atoms with Gasteiger partial charge in [0.2, 0.25) is 0 Å². The van der Waals surface area contributed by atoms with Gasteiger partial charge in [0.05, 0.1) is 10.7 Å². The van der Waals surface area contributed by atoms with Gasteiger partial charge < -0.3 is 9.73 Å². The summed E-state index contributed by atoms with van der Waals surface area (Å²) < 4.78 is 32.1. The zero-order valence-corrected chi connectivity index (χ0v) is 17.0. The van der Waals surface area contributed by atoms with E-state index in [1.807, 2.05) is 0 Å². The van der Waals surface area contributed by atoms with Gasteiger partial charge in [-0.3, -0.25) is 4.79 Å². The molecule has 0 atom stereocenters. The minimum atomic E-state index is -0.535. The number of aromatic nitrogens is 3. The molecule has 0 fully saturated rings. The molecule has 3 aromatic carbocycles. The van der Waals surface area contributed by atoms with Crippen molar-refractivity contribution in [2.75, 3.05) is 5.32 Å². The van der Waals surface area contributed by atoms with E-state index < -0.39 is 11.7 Å². The molecule has 2 aromatic heterocycles. The Labute approximate surface area is 185 Å². The van der Waals surface area contributed by atoms with E-state index in [0.29, 0.717) is 33.7 Å². The number of anilines is 1. The molecule has 5 aromatic rings. The highest BCUT2D eigenvalue weighted by Gasteiger charge is 2.14. The van der Waals surface area contributed by atoms with E-state index in [0.717, 1.165) is 0 Å². The lowest BCUT2D eigenvalue weighted by Gasteiger charge is -2.03. The monoisotopic (exact) mass is 450 g/mol. The molecule has 1 amide bonds. The fourth-order valence-electron chi connectivity index (χ4n) is 3.14. The molecule has 0 saturated heterocycles. The normalized spacial score (nSPS) is 11.1. The number of halogens is 3. The van der Waals surface area contributed by atoms with Gasteiger partial charge in [-0.1, -0.05) is 11.6 Å². The third-order valence-electron chi connectivity index (χ3n) is 4.73. The third kappa shape index (κ3) is 3.83. The Balaban J connectivity index is 1.36. The Morgan fingerprint density at radius 3 is 2.47 bits per heavy atom. The molecular formula is C23H13ClF2N4O2. The molecule has 5 rings (SSSR count). The number of nitrogens with one attached hydrogen (secondary N) is 1. The maximum absolute atomic E-state index is 13.4. The van der Waals surface area contributed by atoms with Crippen molar-refractivity contribution in [2.45, 2.75) is 0 Å². The van der Waals surface area contributed by atoms with E-state index in [2.05, 4.69) is 15.5 Å². The lowest BCUT2D eigenvalue weighted by atomic mass is 10.2. The number of rotatable bonds is 4. The molecule has 0 unspecified atom stereocenters.